The van der Waals surface area contributed by atoms with Crippen molar-refractivity contribution in [3.8, 4) is 11.1 Å². The van der Waals surface area contributed by atoms with E-state index in [-0.39, 0.29) is 17.9 Å². The topological polar surface area (TPSA) is 92.0 Å². The van der Waals surface area contributed by atoms with Gasteiger partial charge in [0.15, 0.2) is 0 Å². The predicted octanol–water partition coefficient (Wildman–Crippen LogP) is 0.820. The average molecular weight is 231 g/mol. The first-order valence-electron chi connectivity index (χ1n) is 5.17. The third-order valence-corrected chi connectivity index (χ3v) is 2.67. The van der Waals surface area contributed by atoms with Gasteiger partial charge in [0.25, 0.3) is 5.56 Å². The quantitative estimate of drug-likeness (QED) is 0.713. The Kier molecular flexibility index (Phi) is 2.93. The highest BCUT2D eigenvalue weighted by Gasteiger charge is 2.08. The zero-order chi connectivity index (χ0) is 12.4. The molecule has 17 heavy (non-hydrogen) atoms. The summed E-state index contributed by atoms with van der Waals surface area (Å²) in [5.41, 5.74) is 8.48. The van der Waals surface area contributed by atoms with Gasteiger partial charge in [-0.2, -0.15) is 0 Å². The van der Waals surface area contributed by atoms with E-state index in [9.17, 15) is 9.90 Å². The first kappa shape index (κ1) is 11.3. The van der Waals surface area contributed by atoms with Gasteiger partial charge in [-0.15, -0.1) is 0 Å². The number of pyridine rings is 2. The second-order valence-electron chi connectivity index (χ2n) is 3.75. The van der Waals surface area contributed by atoms with Crippen LogP contribution < -0.4 is 11.3 Å². The Morgan fingerprint density at radius 1 is 1.53 bits per heavy atom. The standard InChI is InChI=1S/C12H13N3O2/c1-7-10(6-16)9(2-3-14-7)8-4-11(13)12(17)15-5-8/h2-5,16H,6,13H2,1H3,(H,15,17). The first-order valence-corrected chi connectivity index (χ1v) is 5.17. The molecule has 2 heterocycles. The van der Waals surface area contributed by atoms with Crippen LogP contribution in [0.1, 0.15) is 11.3 Å². The summed E-state index contributed by atoms with van der Waals surface area (Å²) < 4.78 is 0. The largest absolute Gasteiger partial charge is 0.394 e. The molecule has 0 saturated heterocycles. The number of aromatic amines is 1. The lowest BCUT2D eigenvalue weighted by atomic mass is 10.0. The van der Waals surface area contributed by atoms with E-state index in [0.717, 1.165) is 22.4 Å². The molecule has 2 rings (SSSR count). The number of H-pyrrole nitrogens is 1. The Morgan fingerprint density at radius 3 is 2.94 bits per heavy atom. The molecule has 5 nitrogen and oxygen atoms in total. The molecule has 0 amide bonds. The molecular weight excluding hydrogens is 218 g/mol. The molecule has 0 saturated carbocycles. The van der Waals surface area contributed by atoms with Crippen LogP contribution in [0, 0.1) is 6.92 Å². The Hall–Kier alpha value is -2.14. The lowest BCUT2D eigenvalue weighted by Gasteiger charge is -2.09. The molecule has 0 radical (unpaired) electrons. The molecule has 0 fully saturated rings. The van der Waals surface area contributed by atoms with Crippen LogP contribution in [0.4, 0.5) is 5.69 Å². The molecule has 0 aromatic carbocycles. The lowest BCUT2D eigenvalue weighted by Crippen LogP contribution is -2.11. The number of aromatic nitrogens is 2. The fraction of sp³-hybridized carbons (Fsp3) is 0.167. The molecule has 0 aliphatic heterocycles. The summed E-state index contributed by atoms with van der Waals surface area (Å²) >= 11 is 0. The van der Waals surface area contributed by atoms with Gasteiger partial charge in [0.1, 0.15) is 0 Å². The number of hydrogen-bond donors (Lipinski definition) is 3. The number of rotatable bonds is 2. The van der Waals surface area contributed by atoms with Crippen molar-refractivity contribution in [1.82, 2.24) is 9.97 Å². The highest BCUT2D eigenvalue weighted by atomic mass is 16.3. The first-order chi connectivity index (χ1) is 8.13. The molecular formula is C12H13N3O2. The summed E-state index contributed by atoms with van der Waals surface area (Å²) in [6.07, 6.45) is 3.23. The van der Waals surface area contributed by atoms with Gasteiger partial charge in [-0.3, -0.25) is 9.78 Å². The minimum Gasteiger partial charge on any atom is -0.394 e. The number of nitrogens with zero attached hydrogens (tertiary/aromatic N) is 1. The second-order valence-corrected chi connectivity index (χ2v) is 3.75. The molecule has 4 N–H and O–H groups in total. The van der Waals surface area contributed by atoms with Gasteiger partial charge in [0, 0.05) is 29.2 Å². The average Bonchev–Trinajstić information content (AvgIpc) is 2.32. The highest BCUT2D eigenvalue weighted by molar-refractivity contribution is 5.69. The van der Waals surface area contributed by atoms with E-state index in [1.54, 1.807) is 24.5 Å². The summed E-state index contributed by atoms with van der Waals surface area (Å²) in [7, 11) is 0. The Morgan fingerprint density at radius 2 is 2.29 bits per heavy atom. The number of anilines is 1. The van der Waals surface area contributed by atoms with Crippen molar-refractivity contribution in [3.05, 3.63) is 46.1 Å². The fourth-order valence-electron chi connectivity index (χ4n) is 1.72. The maximum Gasteiger partial charge on any atom is 0.271 e. The van der Waals surface area contributed by atoms with E-state index in [0.29, 0.717) is 0 Å². The van der Waals surface area contributed by atoms with E-state index in [1.807, 2.05) is 6.92 Å². The molecule has 88 valence electrons. The van der Waals surface area contributed by atoms with Gasteiger partial charge in [-0.05, 0) is 24.6 Å². The number of nitrogens with two attached hydrogens (primary N) is 1. The van der Waals surface area contributed by atoms with Crippen LogP contribution in [-0.4, -0.2) is 15.1 Å². The van der Waals surface area contributed by atoms with Crippen LogP contribution in [0.15, 0.2) is 29.3 Å². The summed E-state index contributed by atoms with van der Waals surface area (Å²) in [5, 5.41) is 9.34. The van der Waals surface area contributed by atoms with Crippen molar-refractivity contribution in [1.29, 1.82) is 0 Å². The predicted molar refractivity (Wildman–Crippen MR) is 65.4 cm³/mol. The Labute approximate surface area is 98.0 Å². The fourth-order valence-corrected chi connectivity index (χ4v) is 1.72. The Bertz CT molecular complexity index is 605. The van der Waals surface area contributed by atoms with Crippen LogP contribution >= 0.6 is 0 Å². The molecule has 2 aromatic rings. The van der Waals surface area contributed by atoms with E-state index >= 15 is 0 Å². The summed E-state index contributed by atoms with van der Waals surface area (Å²) in [6.45, 7) is 1.72. The van der Waals surface area contributed by atoms with Gasteiger partial charge in [-0.1, -0.05) is 0 Å². The van der Waals surface area contributed by atoms with Gasteiger partial charge in [0.05, 0.1) is 12.3 Å². The SMILES string of the molecule is Cc1nccc(-c2c[nH]c(=O)c(N)c2)c1CO. The number of nitrogens with one attached hydrogen (secondary N) is 1. The van der Waals surface area contributed by atoms with Crippen LogP contribution in [0.5, 0.6) is 0 Å². The number of aliphatic hydroxyl groups excluding tert-OH is 1. The zero-order valence-electron chi connectivity index (χ0n) is 9.40. The van der Waals surface area contributed by atoms with Crippen LogP contribution in [-0.2, 0) is 6.61 Å². The van der Waals surface area contributed by atoms with Crippen molar-refractivity contribution in [2.24, 2.45) is 0 Å². The van der Waals surface area contributed by atoms with E-state index in [1.165, 1.54) is 0 Å². The van der Waals surface area contributed by atoms with Crippen molar-refractivity contribution in [3.63, 3.8) is 0 Å². The van der Waals surface area contributed by atoms with Crippen molar-refractivity contribution >= 4 is 5.69 Å². The van der Waals surface area contributed by atoms with Gasteiger partial charge >= 0.3 is 0 Å². The van der Waals surface area contributed by atoms with Crippen LogP contribution in [0.2, 0.25) is 0 Å². The van der Waals surface area contributed by atoms with E-state index in [4.69, 9.17) is 5.73 Å². The monoisotopic (exact) mass is 231 g/mol. The number of aliphatic hydroxyl groups is 1. The van der Waals surface area contributed by atoms with Gasteiger partial charge < -0.3 is 15.8 Å². The maximum atomic E-state index is 11.2. The number of aryl methyl sites for hydroxylation is 1. The van der Waals surface area contributed by atoms with Gasteiger partial charge in [-0.25, -0.2) is 0 Å². The Balaban J connectivity index is 2.64. The smallest absolute Gasteiger partial charge is 0.271 e. The maximum absolute atomic E-state index is 11.2. The van der Waals surface area contributed by atoms with Gasteiger partial charge in [0.2, 0.25) is 0 Å². The summed E-state index contributed by atoms with van der Waals surface area (Å²) in [4.78, 5) is 17.8. The molecule has 0 spiro atoms. The summed E-state index contributed by atoms with van der Waals surface area (Å²) in [6, 6.07) is 3.37. The molecule has 2 aromatic heterocycles. The van der Waals surface area contributed by atoms with Crippen molar-refractivity contribution < 1.29 is 5.11 Å². The molecule has 0 unspecified atom stereocenters. The number of nitrogen functional groups attached to an aromatic ring is 1. The van der Waals surface area contributed by atoms with E-state index < -0.39 is 0 Å². The molecule has 0 aliphatic rings. The normalized spacial score (nSPS) is 10.5. The van der Waals surface area contributed by atoms with E-state index in [2.05, 4.69) is 9.97 Å². The zero-order valence-corrected chi connectivity index (χ0v) is 9.40. The minimum absolute atomic E-state index is 0.103. The third-order valence-electron chi connectivity index (χ3n) is 2.67. The molecule has 5 heteroatoms. The van der Waals surface area contributed by atoms with Crippen molar-refractivity contribution in [2.45, 2.75) is 13.5 Å². The second kappa shape index (κ2) is 4.39. The summed E-state index contributed by atoms with van der Waals surface area (Å²) in [5.74, 6) is 0. The highest BCUT2D eigenvalue weighted by Crippen LogP contribution is 2.24. The third kappa shape index (κ3) is 2.05. The van der Waals surface area contributed by atoms with Crippen LogP contribution in [0.25, 0.3) is 11.1 Å². The molecule has 0 atom stereocenters. The molecule has 0 aliphatic carbocycles. The van der Waals surface area contributed by atoms with Crippen LogP contribution in [0.3, 0.4) is 0 Å². The number of hydrogen-bond acceptors (Lipinski definition) is 4. The minimum atomic E-state index is -0.315. The lowest BCUT2D eigenvalue weighted by molar-refractivity contribution is 0.281. The molecule has 0 bridgehead atoms. The van der Waals surface area contributed by atoms with Crippen molar-refractivity contribution in [2.75, 3.05) is 5.73 Å².